The number of carbonyl (C=O) groups is 1. The molecule has 1 amide bonds. The van der Waals surface area contributed by atoms with Gasteiger partial charge in [0.25, 0.3) is 5.91 Å². The van der Waals surface area contributed by atoms with E-state index in [2.05, 4.69) is 15.3 Å². The predicted molar refractivity (Wildman–Crippen MR) is 137 cm³/mol. The fraction of sp³-hybridized carbons (Fsp3) is 0.393. The van der Waals surface area contributed by atoms with Crippen LogP contribution < -0.4 is 11.1 Å². The summed E-state index contributed by atoms with van der Waals surface area (Å²) in [5.74, 6) is -3.77. The van der Waals surface area contributed by atoms with Gasteiger partial charge in [-0.2, -0.15) is 0 Å². The highest BCUT2D eigenvalue weighted by atomic mass is 19.1. The quantitative estimate of drug-likeness (QED) is 0.401. The normalized spacial score (nSPS) is 21.5. The monoisotopic (exact) mass is 528 g/mol. The van der Waals surface area contributed by atoms with Crippen LogP contribution in [0.1, 0.15) is 61.1 Å². The Balaban J connectivity index is 1.60. The number of hydrogen-bond acceptors (Lipinski definition) is 6. The van der Waals surface area contributed by atoms with E-state index in [9.17, 15) is 23.1 Å². The number of aromatic nitrogens is 2. The third-order valence-electron chi connectivity index (χ3n) is 6.78. The molecule has 1 aliphatic rings. The summed E-state index contributed by atoms with van der Waals surface area (Å²) in [6, 6.07) is 5.57. The van der Waals surface area contributed by atoms with Crippen molar-refractivity contribution in [2.75, 3.05) is 5.32 Å². The van der Waals surface area contributed by atoms with Crippen molar-refractivity contribution in [1.29, 1.82) is 0 Å². The average molecular weight is 529 g/mol. The molecule has 1 saturated carbocycles. The van der Waals surface area contributed by atoms with Crippen molar-refractivity contribution >= 4 is 11.6 Å². The second-order valence-electron chi connectivity index (χ2n) is 10.0. The molecule has 202 valence electrons. The van der Waals surface area contributed by atoms with E-state index < -0.39 is 46.8 Å². The predicted octanol–water partition coefficient (Wildman–Crippen LogP) is 4.94. The lowest BCUT2D eigenvalue weighted by Crippen LogP contribution is -2.44. The van der Waals surface area contributed by atoms with Crippen LogP contribution in [0.2, 0.25) is 0 Å². The second-order valence-corrected chi connectivity index (χ2v) is 10.0. The Morgan fingerprint density at radius 3 is 2.53 bits per heavy atom. The fourth-order valence-corrected chi connectivity index (χ4v) is 4.82. The zero-order chi connectivity index (χ0) is 27.6. The molecule has 4 rings (SSSR count). The van der Waals surface area contributed by atoms with Crippen LogP contribution in [-0.2, 0) is 11.3 Å². The van der Waals surface area contributed by atoms with E-state index in [0.717, 1.165) is 29.8 Å². The number of nitrogens with zero attached hydrogens (tertiary/aromatic N) is 2. The molecule has 10 heteroatoms. The van der Waals surface area contributed by atoms with E-state index in [1.807, 2.05) is 6.92 Å². The summed E-state index contributed by atoms with van der Waals surface area (Å²) in [5, 5.41) is 12.9. The van der Waals surface area contributed by atoms with Crippen molar-refractivity contribution in [2.45, 2.75) is 64.4 Å². The number of pyridine rings is 2. The molecule has 0 bridgehead atoms. The lowest BCUT2D eigenvalue weighted by atomic mass is 9.74. The summed E-state index contributed by atoms with van der Waals surface area (Å²) in [6.45, 7) is 5.49. The Hall–Kier alpha value is -3.34. The molecule has 4 atom stereocenters. The Morgan fingerprint density at radius 1 is 1.16 bits per heavy atom. The molecule has 2 aromatic heterocycles. The summed E-state index contributed by atoms with van der Waals surface area (Å²) >= 11 is 0. The smallest absolute Gasteiger partial charge is 0.274 e. The van der Waals surface area contributed by atoms with Crippen LogP contribution >= 0.6 is 0 Å². The maximum Gasteiger partial charge on any atom is 0.274 e. The highest BCUT2D eigenvalue weighted by Gasteiger charge is 2.34. The standard InChI is InChI=1S/C28H31F3N4O3/c1-14(2)38-13-16-9-20(30)25(21(31)10-16)26-19(29)4-5-23(34-26)28(37)35-24-12-33-7-6-18(24)17-8-15(3)27(36)22(32)11-17/h4-7,9-10,12,14-15,17,22,27,36H,8,11,13,32H2,1-3H3,(H,35,37)/t15-,17+,22+,27+/m0/s1. The lowest BCUT2D eigenvalue weighted by Gasteiger charge is -2.36. The number of nitrogens with one attached hydrogen (secondary N) is 1. The molecule has 1 aromatic carbocycles. The van der Waals surface area contributed by atoms with Gasteiger partial charge in [0.2, 0.25) is 0 Å². The fourth-order valence-electron chi connectivity index (χ4n) is 4.82. The summed E-state index contributed by atoms with van der Waals surface area (Å²) in [5.41, 5.74) is 6.06. The van der Waals surface area contributed by atoms with Crippen molar-refractivity contribution in [2.24, 2.45) is 11.7 Å². The van der Waals surface area contributed by atoms with E-state index in [1.54, 1.807) is 26.1 Å². The van der Waals surface area contributed by atoms with Crippen molar-refractivity contribution in [3.63, 3.8) is 0 Å². The molecule has 0 radical (unpaired) electrons. The van der Waals surface area contributed by atoms with Crippen LogP contribution in [-0.4, -0.2) is 39.2 Å². The number of nitrogens with two attached hydrogens (primary N) is 1. The first-order valence-electron chi connectivity index (χ1n) is 12.5. The molecular weight excluding hydrogens is 497 g/mol. The molecule has 7 nitrogen and oxygen atoms in total. The van der Waals surface area contributed by atoms with Gasteiger partial charge in [-0.3, -0.25) is 9.78 Å². The van der Waals surface area contributed by atoms with Crippen molar-refractivity contribution in [1.82, 2.24) is 9.97 Å². The van der Waals surface area contributed by atoms with E-state index in [4.69, 9.17) is 10.5 Å². The Morgan fingerprint density at radius 2 is 1.87 bits per heavy atom. The number of amides is 1. The zero-order valence-corrected chi connectivity index (χ0v) is 21.4. The van der Waals surface area contributed by atoms with Gasteiger partial charge < -0.3 is 20.9 Å². The van der Waals surface area contributed by atoms with Crippen LogP contribution in [0.4, 0.5) is 18.9 Å². The lowest BCUT2D eigenvalue weighted by molar-refractivity contribution is 0.0521. The van der Waals surface area contributed by atoms with Crippen molar-refractivity contribution in [3.8, 4) is 11.3 Å². The number of rotatable bonds is 7. The van der Waals surface area contributed by atoms with Crippen LogP contribution in [0.15, 0.2) is 42.7 Å². The van der Waals surface area contributed by atoms with E-state index in [0.29, 0.717) is 18.5 Å². The second kappa shape index (κ2) is 11.6. The SMILES string of the molecule is CC(C)OCc1cc(F)c(-c2nc(C(=O)Nc3cnccc3[C@H]3C[C@@H](N)[C@H](O)[C@@H](C)C3)ccc2F)c(F)c1. The Labute approximate surface area is 219 Å². The topological polar surface area (TPSA) is 110 Å². The molecule has 2 heterocycles. The molecule has 1 aliphatic carbocycles. The van der Waals surface area contributed by atoms with Crippen molar-refractivity contribution < 1.29 is 27.8 Å². The summed E-state index contributed by atoms with van der Waals surface area (Å²) in [4.78, 5) is 21.2. The van der Waals surface area contributed by atoms with Crippen LogP contribution in [0, 0.1) is 23.4 Å². The number of carbonyl (C=O) groups excluding carboxylic acids is 1. The Bertz CT molecular complexity index is 1290. The first-order valence-corrected chi connectivity index (χ1v) is 12.5. The highest BCUT2D eigenvalue weighted by molar-refractivity contribution is 6.03. The molecule has 0 saturated heterocycles. The third-order valence-corrected chi connectivity index (χ3v) is 6.78. The maximum atomic E-state index is 14.9. The van der Waals surface area contributed by atoms with Gasteiger partial charge in [0.1, 0.15) is 28.8 Å². The molecule has 1 fully saturated rings. The molecule has 0 aliphatic heterocycles. The first-order chi connectivity index (χ1) is 18.0. The van der Waals surface area contributed by atoms with Crippen LogP contribution in [0.25, 0.3) is 11.3 Å². The molecular formula is C28H31F3N4O3. The number of aliphatic hydroxyl groups is 1. The number of benzene rings is 1. The van der Waals surface area contributed by atoms with Crippen molar-refractivity contribution in [3.05, 3.63) is 77.0 Å². The van der Waals surface area contributed by atoms with Crippen LogP contribution in [0.5, 0.6) is 0 Å². The van der Waals surface area contributed by atoms with Gasteiger partial charge in [-0.25, -0.2) is 18.2 Å². The molecule has 3 aromatic rings. The largest absolute Gasteiger partial charge is 0.391 e. The van der Waals surface area contributed by atoms with Gasteiger partial charge in [-0.1, -0.05) is 6.92 Å². The minimum Gasteiger partial charge on any atom is -0.391 e. The van der Waals surface area contributed by atoms with Gasteiger partial charge in [0.05, 0.1) is 36.3 Å². The summed E-state index contributed by atoms with van der Waals surface area (Å²) in [6.07, 6.45) is 3.52. The Kier molecular flexibility index (Phi) is 8.44. The summed E-state index contributed by atoms with van der Waals surface area (Å²) < 4.78 is 49.8. The number of ether oxygens (including phenoxy) is 1. The minimum atomic E-state index is -1.02. The van der Waals surface area contributed by atoms with Gasteiger partial charge in [0, 0.05) is 12.2 Å². The molecule has 4 N–H and O–H groups in total. The molecule has 38 heavy (non-hydrogen) atoms. The third kappa shape index (κ3) is 6.03. The van der Waals surface area contributed by atoms with Crippen LogP contribution in [0.3, 0.4) is 0 Å². The minimum absolute atomic E-state index is 0.0127. The average Bonchev–Trinajstić information content (AvgIpc) is 2.86. The van der Waals surface area contributed by atoms with Gasteiger partial charge in [0.15, 0.2) is 0 Å². The van der Waals surface area contributed by atoms with E-state index >= 15 is 0 Å². The first kappa shape index (κ1) is 27.7. The summed E-state index contributed by atoms with van der Waals surface area (Å²) in [7, 11) is 0. The zero-order valence-electron chi connectivity index (χ0n) is 21.4. The molecule has 0 unspecified atom stereocenters. The van der Waals surface area contributed by atoms with E-state index in [-0.39, 0.29) is 35.8 Å². The van der Waals surface area contributed by atoms with Gasteiger partial charge in [-0.15, -0.1) is 0 Å². The number of anilines is 1. The number of aliphatic hydroxyl groups excluding tert-OH is 1. The number of hydrogen-bond donors (Lipinski definition) is 3. The van der Waals surface area contributed by atoms with E-state index in [1.165, 1.54) is 6.20 Å². The molecule has 0 spiro atoms. The highest BCUT2D eigenvalue weighted by Crippen LogP contribution is 2.38. The maximum absolute atomic E-state index is 14.9. The van der Waals surface area contributed by atoms with Gasteiger partial charge in [-0.05, 0) is 80.0 Å². The number of halogens is 3. The van der Waals surface area contributed by atoms with Gasteiger partial charge >= 0.3 is 0 Å².